The molecule has 118 valence electrons. The van der Waals surface area contributed by atoms with Crippen molar-refractivity contribution < 1.29 is 9.52 Å². The van der Waals surface area contributed by atoms with Gasteiger partial charge in [0, 0.05) is 17.6 Å². The lowest BCUT2D eigenvalue weighted by atomic mass is 10.0. The van der Waals surface area contributed by atoms with Gasteiger partial charge >= 0.3 is 0 Å². The number of phenolic OH excluding ortho intramolecular Hbond substituents is 1. The lowest BCUT2D eigenvalue weighted by Crippen LogP contribution is -2.13. The van der Waals surface area contributed by atoms with Gasteiger partial charge in [-0.05, 0) is 36.4 Å². The summed E-state index contributed by atoms with van der Waals surface area (Å²) in [6, 6.07) is 12.3. The van der Waals surface area contributed by atoms with Gasteiger partial charge in [0.05, 0.1) is 29.8 Å². The molecule has 6 nitrogen and oxygen atoms in total. The Bertz CT molecular complexity index is 882. The van der Waals surface area contributed by atoms with E-state index in [2.05, 4.69) is 28.2 Å². The predicted molar refractivity (Wildman–Crippen MR) is 91.3 cm³/mol. The molecular formula is C18H14N4O2. The first-order valence-corrected chi connectivity index (χ1v) is 7.19. The molecule has 1 aliphatic rings. The van der Waals surface area contributed by atoms with Crippen molar-refractivity contribution in [2.24, 2.45) is 10.1 Å². The fraction of sp³-hybridized carbons (Fsp3) is 0.0556. The monoisotopic (exact) mass is 318 g/mol. The third-order valence-corrected chi connectivity index (χ3v) is 3.41. The summed E-state index contributed by atoms with van der Waals surface area (Å²) >= 11 is 0. The number of aromatic hydroxyl groups is 1. The minimum atomic E-state index is 0.141. The van der Waals surface area contributed by atoms with Gasteiger partial charge in [0.25, 0.3) is 0 Å². The number of phenols is 1. The Labute approximate surface area is 138 Å². The third-order valence-electron chi connectivity index (χ3n) is 3.41. The lowest BCUT2D eigenvalue weighted by molar-refractivity contribution is 0.475. The number of hydrazone groups is 1. The number of hydrogen-bond donors (Lipinski definition) is 2. The van der Waals surface area contributed by atoms with Crippen LogP contribution in [0.5, 0.6) is 5.75 Å². The summed E-state index contributed by atoms with van der Waals surface area (Å²) in [6.07, 6.45) is 3.43. The molecule has 2 heterocycles. The van der Waals surface area contributed by atoms with E-state index < -0.39 is 0 Å². The molecule has 0 spiro atoms. The molecule has 0 amide bonds. The molecule has 0 atom stereocenters. The Kier molecular flexibility index (Phi) is 4.25. The maximum atomic E-state index is 9.61. The maximum Gasteiger partial charge on any atom is 0.155 e. The van der Waals surface area contributed by atoms with Crippen LogP contribution in [0.1, 0.15) is 11.3 Å². The van der Waals surface area contributed by atoms with E-state index in [1.54, 1.807) is 48.9 Å². The first-order chi connectivity index (χ1) is 11.7. The van der Waals surface area contributed by atoms with Crippen molar-refractivity contribution in [3.63, 3.8) is 0 Å². The van der Waals surface area contributed by atoms with E-state index in [0.29, 0.717) is 40.4 Å². The summed E-state index contributed by atoms with van der Waals surface area (Å²) in [5, 5.41) is 23.0. The Morgan fingerprint density at radius 1 is 1.33 bits per heavy atom. The summed E-state index contributed by atoms with van der Waals surface area (Å²) in [7, 11) is 0. The molecular weight excluding hydrogens is 304 g/mol. The second kappa shape index (κ2) is 6.67. The van der Waals surface area contributed by atoms with Crippen molar-refractivity contribution in [2.75, 3.05) is 0 Å². The van der Waals surface area contributed by atoms with Crippen LogP contribution in [-0.2, 0) is 6.42 Å². The fourth-order valence-electron chi connectivity index (χ4n) is 2.20. The quantitative estimate of drug-likeness (QED) is 0.847. The van der Waals surface area contributed by atoms with Crippen molar-refractivity contribution in [1.29, 1.82) is 5.26 Å². The highest BCUT2D eigenvalue weighted by atomic mass is 16.3. The van der Waals surface area contributed by atoms with Crippen molar-refractivity contribution in [2.45, 2.75) is 6.42 Å². The van der Waals surface area contributed by atoms with Gasteiger partial charge in [-0.2, -0.15) is 10.4 Å². The number of amidine groups is 1. The zero-order valence-electron chi connectivity index (χ0n) is 12.7. The number of furan rings is 1. The average molecular weight is 318 g/mol. The molecule has 1 aromatic heterocycles. The van der Waals surface area contributed by atoms with Gasteiger partial charge in [-0.3, -0.25) is 5.43 Å². The van der Waals surface area contributed by atoms with Crippen LogP contribution in [-0.4, -0.2) is 17.2 Å². The zero-order chi connectivity index (χ0) is 16.9. The molecule has 0 aliphatic carbocycles. The number of allylic oxidation sites excluding steroid dienone is 1. The summed E-state index contributed by atoms with van der Waals surface area (Å²) in [6.45, 7) is 3.85. The molecule has 0 unspecified atom stereocenters. The highest BCUT2D eigenvalue weighted by Crippen LogP contribution is 2.25. The first-order valence-electron chi connectivity index (χ1n) is 7.19. The number of benzene rings is 1. The van der Waals surface area contributed by atoms with E-state index in [0.717, 1.165) is 0 Å². The number of aliphatic imine (C=N–C) groups is 1. The summed E-state index contributed by atoms with van der Waals surface area (Å²) in [5.41, 5.74) is 4.99. The molecule has 0 bridgehead atoms. The molecule has 0 fully saturated rings. The van der Waals surface area contributed by atoms with Gasteiger partial charge in [0.15, 0.2) is 5.84 Å². The third kappa shape index (κ3) is 3.25. The van der Waals surface area contributed by atoms with Crippen LogP contribution in [0.3, 0.4) is 0 Å². The molecule has 24 heavy (non-hydrogen) atoms. The zero-order valence-corrected chi connectivity index (χ0v) is 12.7. The van der Waals surface area contributed by atoms with E-state index in [-0.39, 0.29) is 5.75 Å². The van der Waals surface area contributed by atoms with E-state index >= 15 is 0 Å². The summed E-state index contributed by atoms with van der Waals surface area (Å²) < 4.78 is 5.33. The fourth-order valence-corrected chi connectivity index (χ4v) is 2.20. The summed E-state index contributed by atoms with van der Waals surface area (Å²) in [4.78, 5) is 4.52. The average Bonchev–Trinajstić information content (AvgIpc) is 3.24. The number of rotatable bonds is 4. The minimum Gasteiger partial charge on any atom is -0.508 e. The van der Waals surface area contributed by atoms with Gasteiger partial charge in [0.2, 0.25) is 0 Å². The Morgan fingerprint density at radius 3 is 2.71 bits per heavy atom. The number of nitrogens with one attached hydrogen (secondary N) is 1. The van der Waals surface area contributed by atoms with E-state index in [9.17, 15) is 10.4 Å². The first kappa shape index (κ1) is 15.3. The van der Waals surface area contributed by atoms with Crippen LogP contribution in [0.25, 0.3) is 5.70 Å². The topological polar surface area (TPSA) is 93.9 Å². The van der Waals surface area contributed by atoms with Gasteiger partial charge in [-0.1, -0.05) is 6.58 Å². The highest BCUT2D eigenvalue weighted by Gasteiger charge is 2.15. The van der Waals surface area contributed by atoms with Gasteiger partial charge < -0.3 is 9.52 Å². The maximum absolute atomic E-state index is 9.61. The molecule has 2 N–H and O–H groups in total. The number of nitriles is 1. The van der Waals surface area contributed by atoms with E-state index in [1.165, 1.54) is 0 Å². The standard InChI is InChI=1S/C18H14N4O2/c1-12-11-20-22-18(12)21-17(13-4-6-15(23)7-5-13)14(10-19)9-16-3-2-8-24-16/h2-8,11,23H,1,9H2,(H,21,22)/b17-14+. The molecule has 0 saturated carbocycles. The predicted octanol–water partition coefficient (Wildman–Crippen LogP) is 3.01. The SMILES string of the molecule is C=C1C=NNC1=N/C(=C(/C#N)Cc1ccco1)c1ccc(O)cc1. The van der Waals surface area contributed by atoms with Crippen LogP contribution < -0.4 is 5.43 Å². The van der Waals surface area contributed by atoms with Crippen molar-refractivity contribution in [3.8, 4) is 11.8 Å². The number of hydrogen-bond acceptors (Lipinski definition) is 5. The highest BCUT2D eigenvalue weighted by molar-refractivity contribution is 6.18. The lowest BCUT2D eigenvalue weighted by Gasteiger charge is -2.08. The van der Waals surface area contributed by atoms with Crippen LogP contribution >= 0.6 is 0 Å². The second-order valence-electron chi connectivity index (χ2n) is 5.10. The van der Waals surface area contributed by atoms with Gasteiger partial charge in [-0.15, -0.1) is 0 Å². The van der Waals surface area contributed by atoms with Crippen molar-refractivity contribution in [3.05, 3.63) is 71.7 Å². The van der Waals surface area contributed by atoms with Crippen LogP contribution in [0.15, 0.2) is 74.9 Å². The van der Waals surface area contributed by atoms with Crippen LogP contribution in [0.2, 0.25) is 0 Å². The molecule has 0 saturated heterocycles. The second-order valence-corrected chi connectivity index (χ2v) is 5.10. The van der Waals surface area contributed by atoms with Gasteiger partial charge in [-0.25, -0.2) is 4.99 Å². The Balaban J connectivity index is 2.09. The van der Waals surface area contributed by atoms with Crippen LogP contribution in [0.4, 0.5) is 0 Å². The molecule has 1 aromatic carbocycles. The Morgan fingerprint density at radius 2 is 2.12 bits per heavy atom. The van der Waals surface area contributed by atoms with E-state index in [1.807, 2.05) is 0 Å². The molecule has 1 aliphatic heterocycles. The number of nitrogens with zero attached hydrogens (tertiary/aromatic N) is 3. The normalized spacial score (nSPS) is 16.0. The van der Waals surface area contributed by atoms with Crippen LogP contribution in [0, 0.1) is 11.3 Å². The van der Waals surface area contributed by atoms with Crippen molar-refractivity contribution in [1.82, 2.24) is 5.43 Å². The van der Waals surface area contributed by atoms with Crippen molar-refractivity contribution >= 4 is 17.7 Å². The smallest absolute Gasteiger partial charge is 0.155 e. The van der Waals surface area contributed by atoms with E-state index in [4.69, 9.17) is 4.42 Å². The molecule has 6 heteroatoms. The molecule has 0 radical (unpaired) electrons. The minimum absolute atomic E-state index is 0.141. The summed E-state index contributed by atoms with van der Waals surface area (Å²) in [5.74, 6) is 1.28. The largest absolute Gasteiger partial charge is 0.508 e. The molecule has 2 aromatic rings. The molecule has 3 rings (SSSR count). The van der Waals surface area contributed by atoms with Gasteiger partial charge in [0.1, 0.15) is 11.5 Å². The Hall–Kier alpha value is -3.59.